The molecule has 0 bridgehead atoms. The van der Waals surface area contributed by atoms with E-state index in [9.17, 15) is 0 Å². The molecule has 0 saturated heterocycles. The molecule has 0 spiro atoms. The molecule has 0 fully saturated rings. The summed E-state index contributed by atoms with van der Waals surface area (Å²) in [6, 6.07) is 1.83. The van der Waals surface area contributed by atoms with Gasteiger partial charge in [0, 0.05) is 19.3 Å². The standard InChI is InChI=1S/C7H10N2O.C4H10O/c1-5-3-6(8)4-9-7(5)10-2;1-3-4-5-2/h3-4H,8H2,1-2H3;3-4H2,1-2H3. The molecule has 0 aliphatic carbocycles. The summed E-state index contributed by atoms with van der Waals surface area (Å²) >= 11 is 0. The van der Waals surface area contributed by atoms with E-state index in [2.05, 4.69) is 11.9 Å². The van der Waals surface area contributed by atoms with E-state index < -0.39 is 0 Å². The van der Waals surface area contributed by atoms with Gasteiger partial charge in [-0.05, 0) is 19.4 Å². The summed E-state index contributed by atoms with van der Waals surface area (Å²) in [4.78, 5) is 3.95. The SMILES string of the molecule is CCCOC.COc1ncc(N)cc1C. The Hall–Kier alpha value is -1.29. The Morgan fingerprint density at radius 3 is 2.40 bits per heavy atom. The summed E-state index contributed by atoms with van der Waals surface area (Å²) in [5.41, 5.74) is 7.09. The number of pyridine rings is 1. The van der Waals surface area contributed by atoms with E-state index in [-0.39, 0.29) is 0 Å². The highest BCUT2D eigenvalue weighted by Crippen LogP contribution is 2.14. The molecule has 2 N–H and O–H groups in total. The third-order valence-electron chi connectivity index (χ3n) is 1.65. The second-order valence-corrected chi connectivity index (χ2v) is 3.09. The Kier molecular flexibility index (Phi) is 7.36. The Bertz CT molecular complexity index is 275. The molecule has 0 aliphatic rings. The lowest BCUT2D eigenvalue weighted by Gasteiger charge is -2.01. The molecule has 1 heterocycles. The minimum atomic E-state index is 0.634. The second kappa shape index (κ2) is 8.05. The monoisotopic (exact) mass is 212 g/mol. The number of hydrogen-bond acceptors (Lipinski definition) is 4. The smallest absolute Gasteiger partial charge is 0.216 e. The largest absolute Gasteiger partial charge is 0.481 e. The van der Waals surface area contributed by atoms with Crippen molar-refractivity contribution in [1.29, 1.82) is 0 Å². The van der Waals surface area contributed by atoms with Gasteiger partial charge in [-0.2, -0.15) is 0 Å². The molecular weight excluding hydrogens is 192 g/mol. The number of aromatic nitrogens is 1. The first kappa shape index (κ1) is 13.7. The summed E-state index contributed by atoms with van der Waals surface area (Å²) in [6.07, 6.45) is 2.70. The summed E-state index contributed by atoms with van der Waals surface area (Å²) in [6.45, 7) is 4.88. The molecule has 86 valence electrons. The average Bonchev–Trinajstić information content (AvgIpc) is 2.20. The van der Waals surface area contributed by atoms with Crippen LogP contribution in [0.3, 0.4) is 0 Å². The quantitative estimate of drug-likeness (QED) is 0.832. The van der Waals surface area contributed by atoms with Crippen LogP contribution in [-0.4, -0.2) is 25.8 Å². The molecule has 1 aromatic rings. The third-order valence-corrected chi connectivity index (χ3v) is 1.65. The molecular formula is C11H20N2O2. The zero-order valence-electron chi connectivity index (χ0n) is 9.91. The fourth-order valence-electron chi connectivity index (χ4n) is 1.00. The van der Waals surface area contributed by atoms with E-state index in [0.29, 0.717) is 11.6 Å². The Labute approximate surface area is 91.4 Å². The van der Waals surface area contributed by atoms with Crippen LogP contribution >= 0.6 is 0 Å². The normalized spacial score (nSPS) is 9.07. The highest BCUT2D eigenvalue weighted by molar-refractivity contribution is 5.41. The van der Waals surface area contributed by atoms with Crippen LogP contribution in [0, 0.1) is 6.92 Å². The Morgan fingerprint density at radius 1 is 1.40 bits per heavy atom. The maximum absolute atomic E-state index is 5.46. The number of rotatable bonds is 3. The van der Waals surface area contributed by atoms with Crippen molar-refractivity contribution in [3.63, 3.8) is 0 Å². The van der Waals surface area contributed by atoms with Gasteiger partial charge in [-0.3, -0.25) is 0 Å². The van der Waals surface area contributed by atoms with Crippen molar-refractivity contribution in [3.8, 4) is 5.88 Å². The van der Waals surface area contributed by atoms with Crippen molar-refractivity contribution in [1.82, 2.24) is 4.98 Å². The van der Waals surface area contributed by atoms with Crippen molar-refractivity contribution < 1.29 is 9.47 Å². The first-order valence-corrected chi connectivity index (χ1v) is 4.90. The molecule has 0 aliphatic heterocycles. The fraction of sp³-hybridized carbons (Fsp3) is 0.545. The van der Waals surface area contributed by atoms with Crippen LogP contribution in [0.1, 0.15) is 18.9 Å². The number of hydrogen-bond donors (Lipinski definition) is 1. The fourth-order valence-corrected chi connectivity index (χ4v) is 1.00. The van der Waals surface area contributed by atoms with E-state index in [0.717, 1.165) is 18.6 Å². The molecule has 1 rings (SSSR count). The number of nitrogen functional groups attached to an aromatic ring is 1. The molecule has 4 heteroatoms. The van der Waals surface area contributed by atoms with Gasteiger partial charge in [0.25, 0.3) is 0 Å². The van der Waals surface area contributed by atoms with E-state index in [1.807, 2.05) is 13.0 Å². The van der Waals surface area contributed by atoms with Crippen LogP contribution in [0.25, 0.3) is 0 Å². The lowest BCUT2D eigenvalue weighted by atomic mass is 10.3. The van der Waals surface area contributed by atoms with Crippen molar-refractivity contribution in [2.24, 2.45) is 0 Å². The third kappa shape index (κ3) is 5.91. The maximum Gasteiger partial charge on any atom is 0.216 e. The highest BCUT2D eigenvalue weighted by Gasteiger charge is 1.97. The highest BCUT2D eigenvalue weighted by atomic mass is 16.5. The molecule has 4 nitrogen and oxygen atoms in total. The first-order chi connectivity index (χ1) is 7.15. The summed E-state index contributed by atoms with van der Waals surface area (Å²) in [5.74, 6) is 0.634. The van der Waals surface area contributed by atoms with Gasteiger partial charge in [0.05, 0.1) is 19.0 Å². The summed E-state index contributed by atoms with van der Waals surface area (Å²) in [5, 5.41) is 0. The van der Waals surface area contributed by atoms with Gasteiger partial charge >= 0.3 is 0 Å². The predicted octanol–water partition coefficient (Wildman–Crippen LogP) is 2.02. The number of ether oxygens (including phenoxy) is 2. The van der Waals surface area contributed by atoms with Gasteiger partial charge in [-0.25, -0.2) is 4.98 Å². The molecule has 0 atom stereocenters. The molecule has 15 heavy (non-hydrogen) atoms. The van der Waals surface area contributed by atoms with Gasteiger partial charge in [0.2, 0.25) is 5.88 Å². The topological polar surface area (TPSA) is 57.4 Å². The minimum absolute atomic E-state index is 0.634. The zero-order chi connectivity index (χ0) is 11.7. The van der Waals surface area contributed by atoms with E-state index in [1.165, 1.54) is 0 Å². The second-order valence-electron chi connectivity index (χ2n) is 3.09. The van der Waals surface area contributed by atoms with Crippen LogP contribution in [0.5, 0.6) is 5.88 Å². The maximum atomic E-state index is 5.46. The minimum Gasteiger partial charge on any atom is -0.481 e. The zero-order valence-corrected chi connectivity index (χ0v) is 9.91. The van der Waals surface area contributed by atoms with Gasteiger partial charge in [0.1, 0.15) is 0 Å². The Morgan fingerprint density at radius 2 is 2.07 bits per heavy atom. The van der Waals surface area contributed by atoms with Crippen LogP contribution in [-0.2, 0) is 4.74 Å². The lowest BCUT2D eigenvalue weighted by molar-refractivity contribution is 0.199. The van der Waals surface area contributed by atoms with Gasteiger partial charge < -0.3 is 15.2 Å². The average molecular weight is 212 g/mol. The van der Waals surface area contributed by atoms with Crippen LogP contribution in [0.4, 0.5) is 5.69 Å². The number of aryl methyl sites for hydroxylation is 1. The Balaban J connectivity index is 0.000000336. The number of nitrogens with zero attached hydrogens (tertiary/aromatic N) is 1. The van der Waals surface area contributed by atoms with Crippen LogP contribution < -0.4 is 10.5 Å². The molecule has 1 aromatic heterocycles. The van der Waals surface area contributed by atoms with E-state index in [1.54, 1.807) is 20.4 Å². The van der Waals surface area contributed by atoms with E-state index >= 15 is 0 Å². The van der Waals surface area contributed by atoms with Crippen LogP contribution in [0.2, 0.25) is 0 Å². The van der Waals surface area contributed by atoms with Gasteiger partial charge in [0.15, 0.2) is 0 Å². The molecule has 0 amide bonds. The van der Waals surface area contributed by atoms with E-state index in [4.69, 9.17) is 15.2 Å². The first-order valence-electron chi connectivity index (χ1n) is 4.90. The summed E-state index contributed by atoms with van der Waals surface area (Å²) < 4.78 is 9.62. The van der Waals surface area contributed by atoms with Gasteiger partial charge in [-0.15, -0.1) is 0 Å². The van der Waals surface area contributed by atoms with Crippen molar-refractivity contribution in [2.45, 2.75) is 20.3 Å². The van der Waals surface area contributed by atoms with Crippen molar-refractivity contribution in [3.05, 3.63) is 17.8 Å². The number of methoxy groups -OCH3 is 2. The molecule has 0 radical (unpaired) electrons. The van der Waals surface area contributed by atoms with Crippen molar-refractivity contribution in [2.75, 3.05) is 26.6 Å². The number of nitrogens with two attached hydrogens (primary N) is 1. The molecule has 0 aromatic carbocycles. The predicted molar refractivity (Wildman–Crippen MR) is 62.1 cm³/mol. The molecule has 0 saturated carbocycles. The van der Waals surface area contributed by atoms with Gasteiger partial charge in [-0.1, -0.05) is 6.92 Å². The molecule has 0 unspecified atom stereocenters. The van der Waals surface area contributed by atoms with Crippen LogP contribution in [0.15, 0.2) is 12.3 Å². The number of anilines is 1. The lowest BCUT2D eigenvalue weighted by Crippen LogP contribution is -1.93. The summed E-state index contributed by atoms with van der Waals surface area (Å²) in [7, 11) is 3.30. The van der Waals surface area contributed by atoms with Crippen molar-refractivity contribution >= 4 is 5.69 Å².